The molecule has 0 aliphatic heterocycles. The van der Waals surface area contributed by atoms with E-state index in [0.717, 1.165) is 15.4 Å². The predicted octanol–water partition coefficient (Wildman–Crippen LogP) is 5.66. The molecule has 0 radical (unpaired) electrons. The molecule has 18 heteroatoms. The van der Waals surface area contributed by atoms with Gasteiger partial charge in [0, 0.05) is 25.8 Å². The molecule has 0 saturated carbocycles. The van der Waals surface area contributed by atoms with Crippen LogP contribution >= 0.6 is 0 Å². The fraction of sp³-hybridized carbons (Fsp3) is 0.544. The number of hydrogen-bond donors (Lipinski definition) is 7. The highest BCUT2D eigenvalue weighted by Gasteiger charge is 2.47. The minimum absolute atomic E-state index is 0.0508. The van der Waals surface area contributed by atoms with E-state index in [1.54, 1.807) is 116 Å². The zero-order chi connectivity index (χ0) is 55.8. The third kappa shape index (κ3) is 20.6. The number of nitrogens with zero attached hydrogens (tertiary/aromatic N) is 2. The summed E-state index contributed by atoms with van der Waals surface area (Å²) in [6.45, 7) is 14.1. The third-order valence-electron chi connectivity index (χ3n) is 13.1. The number of nitrogens with two attached hydrogens (primary N) is 2. The van der Waals surface area contributed by atoms with Gasteiger partial charge < -0.3 is 42.4 Å². The summed E-state index contributed by atoms with van der Waals surface area (Å²) in [7, 11) is 0. The Morgan fingerprint density at radius 2 is 0.893 bits per heavy atom. The Balaban J connectivity index is 2.24. The van der Waals surface area contributed by atoms with Crippen molar-refractivity contribution in [2.45, 2.75) is 169 Å². The Kier molecular flexibility index (Phi) is 26.8. The molecule has 3 aromatic carbocycles. The van der Waals surface area contributed by atoms with Crippen LogP contribution in [0.5, 0.6) is 0 Å². The third-order valence-corrected chi connectivity index (χ3v) is 13.1. The second-order valence-electron chi connectivity index (χ2n) is 20.6. The maximum atomic E-state index is 15.5. The maximum Gasteiger partial charge on any atom is 0.407 e. The largest absolute Gasteiger partial charge is 0.481 e. The van der Waals surface area contributed by atoms with Crippen LogP contribution in [0.25, 0.3) is 0 Å². The molecular weight excluding hydrogens is 959 g/mol. The van der Waals surface area contributed by atoms with Crippen LogP contribution in [-0.2, 0) is 57.7 Å². The second kappa shape index (κ2) is 32.1. The molecule has 3 aromatic rings. The first-order chi connectivity index (χ1) is 35.5. The van der Waals surface area contributed by atoms with Crippen molar-refractivity contribution in [3.63, 3.8) is 0 Å². The van der Waals surface area contributed by atoms with Crippen LogP contribution in [0.15, 0.2) is 91.0 Å². The molecule has 0 fully saturated rings. The molecule has 0 heterocycles. The van der Waals surface area contributed by atoms with Gasteiger partial charge in [-0.3, -0.25) is 43.4 Å². The Labute approximate surface area is 443 Å². The highest BCUT2D eigenvalue weighted by Crippen LogP contribution is 2.27. The summed E-state index contributed by atoms with van der Waals surface area (Å²) >= 11 is 0. The minimum atomic E-state index is -1.89. The number of aliphatic hydroxyl groups excluding tert-OH is 1. The van der Waals surface area contributed by atoms with Crippen molar-refractivity contribution in [3.8, 4) is 0 Å². The number of rotatable bonds is 31. The smallest absolute Gasteiger partial charge is 0.407 e. The Morgan fingerprint density at radius 3 is 1.27 bits per heavy atom. The molecule has 0 bridgehead atoms. The Morgan fingerprint density at radius 1 is 0.520 bits per heavy atom. The van der Waals surface area contributed by atoms with Crippen molar-refractivity contribution in [1.29, 1.82) is 0 Å². The van der Waals surface area contributed by atoms with Crippen LogP contribution in [0.3, 0.4) is 0 Å². The molecule has 0 aliphatic carbocycles. The van der Waals surface area contributed by atoms with E-state index in [9.17, 15) is 34.2 Å². The average molecular weight is 1040 g/mol. The van der Waals surface area contributed by atoms with Crippen molar-refractivity contribution in [3.05, 3.63) is 108 Å². The van der Waals surface area contributed by atoms with Gasteiger partial charge in [0.2, 0.25) is 23.6 Å². The zero-order valence-corrected chi connectivity index (χ0v) is 45.1. The van der Waals surface area contributed by atoms with Crippen molar-refractivity contribution < 1.29 is 53.3 Å². The quantitative estimate of drug-likeness (QED) is 0.0384. The number of benzene rings is 3. The monoisotopic (exact) mass is 1040 g/mol. The molecule has 0 saturated heterocycles. The van der Waals surface area contributed by atoms with Crippen molar-refractivity contribution in [1.82, 2.24) is 25.8 Å². The number of hydrogen-bond acceptors (Lipinski definition) is 12. The molecule has 0 aromatic heterocycles. The molecular formula is C57H83N7O11. The average Bonchev–Trinajstić information content (AvgIpc) is 3.37. The predicted molar refractivity (Wildman–Crippen MR) is 286 cm³/mol. The van der Waals surface area contributed by atoms with Crippen LogP contribution in [0.2, 0.25) is 0 Å². The number of amides is 7. The number of carbonyl (C=O) groups excluding carboxylic acids is 7. The van der Waals surface area contributed by atoms with E-state index < -0.39 is 102 Å². The summed E-state index contributed by atoms with van der Waals surface area (Å²) in [4.78, 5) is 114. The highest BCUT2D eigenvalue weighted by atomic mass is 16.5. The van der Waals surface area contributed by atoms with Crippen LogP contribution in [-0.4, -0.2) is 116 Å². The van der Waals surface area contributed by atoms with Crippen LogP contribution < -0.4 is 27.4 Å². The van der Waals surface area contributed by atoms with Crippen LogP contribution in [0.1, 0.15) is 123 Å². The van der Waals surface area contributed by atoms with Crippen molar-refractivity contribution in [2.24, 2.45) is 35.1 Å². The van der Waals surface area contributed by atoms with Gasteiger partial charge >= 0.3 is 12.1 Å². The normalized spacial score (nSPS) is 14.2. The summed E-state index contributed by atoms with van der Waals surface area (Å²) in [6.07, 6.45) is -2.43. The first kappa shape index (κ1) is 62.8. The van der Waals surface area contributed by atoms with Crippen molar-refractivity contribution in [2.75, 3.05) is 6.54 Å². The van der Waals surface area contributed by atoms with Gasteiger partial charge in [-0.05, 0) is 78.9 Å². The number of ether oxygens (including phenoxy) is 1. The van der Waals surface area contributed by atoms with Gasteiger partial charge in [0.1, 0.15) is 18.7 Å². The SMILES string of the molecule is CC(C)[C@H](N)C(=O)N[C@H](C(=O)N(C(=O)CCCCCNC(=O)OCc1ccccc1)C(Cc1ccccc1)C(O)C(Cc1ccccc1)N(C(=O)CCCCC(=O)O)C(=O)[C@@H](NC(=O)[C@@H](N)C(C)C)C(C)C)C(C)C. The summed E-state index contributed by atoms with van der Waals surface area (Å²) < 4.78 is 5.32. The van der Waals surface area contributed by atoms with E-state index in [1.807, 2.05) is 30.3 Å². The summed E-state index contributed by atoms with van der Waals surface area (Å²) in [6, 6.07) is 19.0. The standard InChI is InChI=1S/C57H83N7O11/c1-36(2)48(58)53(70)61-50(38(5)6)55(72)63(45(65)29-19-12-22-32-60-57(74)75-35-42-27-17-11-18-28-42)43(33-40-23-13-9-14-24-40)52(69)44(34-41-25-15-10-16-26-41)64(46(66)30-20-21-31-47(67)68)56(73)51(39(7)8)62-54(71)49(59)37(3)4/h9-11,13-18,23-28,36-39,43-44,48-52,69H,12,19-22,29-35,58-59H2,1-8H3,(H,60,74)(H,61,70)(H,62,71)(H,67,68)/t43?,44?,48-,49-,50-,51-,52?/m0/s1. The lowest BCUT2D eigenvalue weighted by molar-refractivity contribution is -0.160. The number of alkyl carbamates (subject to hydrolysis) is 1. The van der Waals surface area contributed by atoms with Crippen molar-refractivity contribution >= 4 is 47.5 Å². The molecule has 3 rings (SSSR count). The lowest BCUT2D eigenvalue weighted by Crippen LogP contribution is -2.65. The number of carboxylic acid groups (broad SMARTS) is 1. The van der Waals surface area contributed by atoms with Gasteiger partial charge in [0.05, 0.1) is 30.3 Å². The molecule has 75 heavy (non-hydrogen) atoms. The van der Waals surface area contributed by atoms with E-state index in [-0.39, 0.29) is 76.4 Å². The number of unbranched alkanes of at least 4 members (excludes halogenated alkanes) is 3. The van der Waals surface area contributed by atoms with Gasteiger partial charge in [-0.25, -0.2) is 4.79 Å². The van der Waals surface area contributed by atoms with Gasteiger partial charge in [0.25, 0.3) is 11.8 Å². The van der Waals surface area contributed by atoms with E-state index >= 15 is 14.4 Å². The minimum Gasteiger partial charge on any atom is -0.481 e. The molecule has 412 valence electrons. The molecule has 7 atom stereocenters. The number of imide groups is 2. The van der Waals surface area contributed by atoms with Crippen LogP contribution in [0, 0.1) is 23.7 Å². The van der Waals surface area contributed by atoms with Gasteiger partial charge in [-0.1, -0.05) is 153 Å². The topological polar surface area (TPSA) is 281 Å². The molecule has 18 nitrogen and oxygen atoms in total. The zero-order valence-electron chi connectivity index (χ0n) is 45.1. The molecule has 0 aliphatic rings. The first-order valence-electron chi connectivity index (χ1n) is 26.3. The molecule has 9 N–H and O–H groups in total. The van der Waals surface area contributed by atoms with Gasteiger partial charge in [0.15, 0.2) is 0 Å². The molecule has 7 amide bonds. The number of carbonyl (C=O) groups is 8. The second-order valence-corrected chi connectivity index (χ2v) is 20.6. The molecule has 0 spiro atoms. The van der Waals surface area contributed by atoms with Gasteiger partial charge in [-0.15, -0.1) is 0 Å². The summed E-state index contributed by atoms with van der Waals surface area (Å²) in [5.74, 6) is -7.46. The van der Waals surface area contributed by atoms with E-state index in [0.29, 0.717) is 24.0 Å². The summed E-state index contributed by atoms with van der Waals surface area (Å²) in [5.41, 5.74) is 14.5. The maximum absolute atomic E-state index is 15.5. The highest BCUT2D eigenvalue weighted by molar-refractivity contribution is 6.01. The number of nitrogens with one attached hydrogen (secondary N) is 3. The van der Waals surface area contributed by atoms with E-state index in [2.05, 4.69) is 16.0 Å². The van der Waals surface area contributed by atoms with Crippen LogP contribution in [0.4, 0.5) is 4.79 Å². The van der Waals surface area contributed by atoms with E-state index in [4.69, 9.17) is 16.2 Å². The lowest BCUT2D eigenvalue weighted by Gasteiger charge is -2.43. The fourth-order valence-electron chi connectivity index (χ4n) is 8.41. The Hall–Kier alpha value is -6.50. The number of carboxylic acids is 1. The Bertz CT molecular complexity index is 2280. The lowest BCUT2D eigenvalue weighted by atomic mass is 9.88. The number of aliphatic carboxylic acids is 1. The number of aliphatic hydroxyl groups is 1. The first-order valence-corrected chi connectivity index (χ1v) is 26.3. The molecule has 3 unspecified atom stereocenters. The fourth-order valence-corrected chi connectivity index (χ4v) is 8.41. The van der Waals surface area contributed by atoms with Gasteiger partial charge in [-0.2, -0.15) is 0 Å². The summed E-state index contributed by atoms with van der Waals surface area (Å²) in [5, 5.41) is 31.0. The van der Waals surface area contributed by atoms with E-state index in [1.165, 1.54) is 0 Å².